The SMILES string of the molecule is CCCc1cc(F)c(C#Cc2cc(F)c(C#Cc3cc(F)c(OC)c(F)c3)c(F)c2)c(F)c1. The lowest BCUT2D eigenvalue weighted by Crippen LogP contribution is -1.96. The summed E-state index contributed by atoms with van der Waals surface area (Å²) in [6.07, 6.45) is 1.20. The Hall–Kier alpha value is -3.84. The van der Waals surface area contributed by atoms with E-state index in [0.29, 0.717) is 18.4 Å². The van der Waals surface area contributed by atoms with Crippen LogP contribution in [0.4, 0.5) is 26.3 Å². The van der Waals surface area contributed by atoms with Crippen LogP contribution in [0.2, 0.25) is 0 Å². The summed E-state index contributed by atoms with van der Waals surface area (Å²) >= 11 is 0. The summed E-state index contributed by atoms with van der Waals surface area (Å²) in [6.45, 7) is 1.87. The first-order valence-corrected chi connectivity index (χ1v) is 9.77. The molecule has 3 aromatic carbocycles. The molecule has 0 aromatic heterocycles. The molecule has 7 heteroatoms. The van der Waals surface area contributed by atoms with Gasteiger partial charge in [0.1, 0.15) is 23.3 Å². The van der Waals surface area contributed by atoms with E-state index in [1.165, 1.54) is 12.1 Å². The highest BCUT2D eigenvalue weighted by Gasteiger charge is 2.12. The molecule has 0 fully saturated rings. The number of methoxy groups -OCH3 is 1. The Morgan fingerprint density at radius 1 is 0.606 bits per heavy atom. The molecule has 0 heterocycles. The summed E-state index contributed by atoms with van der Waals surface area (Å²) in [4.78, 5) is 0. The monoisotopic (exact) mass is 458 g/mol. The Kier molecular flexibility index (Phi) is 7.35. The fourth-order valence-electron chi connectivity index (χ4n) is 3.04. The van der Waals surface area contributed by atoms with Crippen LogP contribution >= 0.6 is 0 Å². The predicted octanol–water partition coefficient (Wildman–Crippen LogP) is 6.28. The standard InChI is InChI=1S/C26H16F6O/c1-3-4-15-9-20(27)18(21(28)10-15)7-5-16-11-22(29)19(23(30)12-16)8-6-17-13-24(31)26(33-2)25(32)14-17/h9-14H,3-4H2,1-2H3. The Morgan fingerprint density at radius 3 is 1.39 bits per heavy atom. The van der Waals surface area contributed by atoms with Crippen LogP contribution in [0.25, 0.3) is 0 Å². The molecule has 0 amide bonds. The second-order valence-corrected chi connectivity index (χ2v) is 6.97. The molecule has 0 aliphatic rings. The molecule has 1 nitrogen and oxygen atoms in total. The molecule has 0 spiro atoms. The zero-order chi connectivity index (χ0) is 24.1. The molecule has 0 bridgehead atoms. The van der Waals surface area contributed by atoms with Gasteiger partial charge in [-0.1, -0.05) is 37.0 Å². The Morgan fingerprint density at radius 2 is 1.00 bits per heavy atom. The van der Waals surface area contributed by atoms with Crippen LogP contribution in [-0.4, -0.2) is 7.11 Å². The first kappa shape index (κ1) is 23.8. The quantitative estimate of drug-likeness (QED) is 0.332. The fourth-order valence-corrected chi connectivity index (χ4v) is 3.04. The predicted molar refractivity (Wildman–Crippen MR) is 112 cm³/mol. The van der Waals surface area contributed by atoms with E-state index in [1.54, 1.807) is 0 Å². The van der Waals surface area contributed by atoms with Crippen LogP contribution in [0.5, 0.6) is 5.75 Å². The first-order valence-electron chi connectivity index (χ1n) is 9.77. The van der Waals surface area contributed by atoms with Crippen molar-refractivity contribution in [2.45, 2.75) is 19.8 Å². The molecule has 3 aromatic rings. The highest BCUT2D eigenvalue weighted by molar-refractivity contribution is 5.50. The van der Waals surface area contributed by atoms with Gasteiger partial charge in [0, 0.05) is 11.1 Å². The molecule has 0 aliphatic carbocycles. The van der Waals surface area contributed by atoms with E-state index in [9.17, 15) is 26.3 Å². The Balaban J connectivity index is 1.92. The average Bonchev–Trinajstić information content (AvgIpc) is 2.72. The summed E-state index contributed by atoms with van der Waals surface area (Å²) < 4.78 is 89.1. The van der Waals surface area contributed by atoms with Gasteiger partial charge in [0.05, 0.1) is 18.2 Å². The summed E-state index contributed by atoms with van der Waals surface area (Å²) in [7, 11) is 1.09. The van der Waals surface area contributed by atoms with Crippen LogP contribution in [0.3, 0.4) is 0 Å². The van der Waals surface area contributed by atoms with Crippen molar-refractivity contribution < 1.29 is 31.1 Å². The van der Waals surface area contributed by atoms with Crippen LogP contribution in [0, 0.1) is 58.6 Å². The summed E-state index contributed by atoms with van der Waals surface area (Å²) in [6, 6.07) is 5.74. The smallest absolute Gasteiger partial charge is 0.190 e. The topological polar surface area (TPSA) is 9.23 Å². The van der Waals surface area contributed by atoms with Crippen molar-refractivity contribution in [1.29, 1.82) is 0 Å². The van der Waals surface area contributed by atoms with Crippen LogP contribution in [-0.2, 0) is 6.42 Å². The number of hydrogen-bond donors (Lipinski definition) is 0. The van der Waals surface area contributed by atoms with E-state index in [-0.39, 0.29) is 11.1 Å². The number of rotatable bonds is 3. The zero-order valence-electron chi connectivity index (χ0n) is 17.6. The van der Waals surface area contributed by atoms with Crippen LogP contribution < -0.4 is 4.74 Å². The van der Waals surface area contributed by atoms with Crippen LogP contribution in [0.1, 0.15) is 41.2 Å². The molecule has 0 aliphatic heterocycles. The van der Waals surface area contributed by atoms with Crippen molar-refractivity contribution >= 4 is 0 Å². The first-order chi connectivity index (χ1) is 15.7. The van der Waals surface area contributed by atoms with Crippen molar-refractivity contribution in [3.63, 3.8) is 0 Å². The second kappa shape index (κ2) is 10.2. The third-order valence-corrected chi connectivity index (χ3v) is 4.55. The van der Waals surface area contributed by atoms with Gasteiger partial charge in [0.25, 0.3) is 0 Å². The normalized spacial score (nSPS) is 10.2. The second-order valence-electron chi connectivity index (χ2n) is 6.97. The van der Waals surface area contributed by atoms with Gasteiger partial charge in [-0.25, -0.2) is 26.3 Å². The van der Waals surface area contributed by atoms with Crippen molar-refractivity contribution in [3.05, 3.63) is 99.1 Å². The molecule has 168 valence electrons. The van der Waals surface area contributed by atoms with Gasteiger partial charge in [-0.3, -0.25) is 0 Å². The average molecular weight is 458 g/mol. The van der Waals surface area contributed by atoms with Crippen molar-refractivity contribution in [2.75, 3.05) is 7.11 Å². The molecule has 3 rings (SSSR count). The third kappa shape index (κ3) is 5.51. The number of aryl methyl sites for hydroxylation is 1. The molecule has 0 radical (unpaired) electrons. The number of halogens is 6. The van der Waals surface area contributed by atoms with Crippen LogP contribution in [0.15, 0.2) is 36.4 Å². The molecule has 0 N–H and O–H groups in total. The minimum Gasteiger partial charge on any atom is -0.491 e. The lowest BCUT2D eigenvalue weighted by Gasteiger charge is -2.03. The van der Waals surface area contributed by atoms with Gasteiger partial charge in [-0.05, 0) is 48.4 Å². The van der Waals surface area contributed by atoms with Gasteiger partial charge in [0.15, 0.2) is 17.4 Å². The maximum Gasteiger partial charge on any atom is 0.190 e. The minimum absolute atomic E-state index is 0.161. The molecular weight excluding hydrogens is 442 g/mol. The van der Waals surface area contributed by atoms with E-state index in [4.69, 9.17) is 0 Å². The molecule has 0 saturated heterocycles. The van der Waals surface area contributed by atoms with Gasteiger partial charge in [-0.2, -0.15) is 0 Å². The van der Waals surface area contributed by atoms with Crippen molar-refractivity contribution in [3.8, 4) is 29.4 Å². The maximum absolute atomic E-state index is 14.4. The Labute approximate surface area is 187 Å². The number of hydrogen-bond acceptors (Lipinski definition) is 1. The van der Waals surface area contributed by atoms with E-state index in [1.807, 2.05) is 6.92 Å². The highest BCUT2D eigenvalue weighted by atomic mass is 19.2. The summed E-state index contributed by atoms with van der Waals surface area (Å²) in [5.74, 6) is 2.49. The zero-order valence-corrected chi connectivity index (χ0v) is 17.6. The fraction of sp³-hybridized carbons (Fsp3) is 0.154. The summed E-state index contributed by atoms with van der Waals surface area (Å²) in [5.41, 5.74) is -1.02. The number of benzene rings is 3. The molecule has 0 saturated carbocycles. The van der Waals surface area contributed by atoms with E-state index >= 15 is 0 Å². The molecule has 0 unspecified atom stereocenters. The number of ether oxygens (including phenoxy) is 1. The Bertz CT molecular complexity index is 1270. The maximum atomic E-state index is 14.4. The van der Waals surface area contributed by atoms with E-state index in [2.05, 4.69) is 28.4 Å². The van der Waals surface area contributed by atoms with Gasteiger partial charge in [-0.15, -0.1) is 0 Å². The molecule has 33 heavy (non-hydrogen) atoms. The highest BCUT2D eigenvalue weighted by Crippen LogP contribution is 2.23. The summed E-state index contributed by atoms with van der Waals surface area (Å²) in [5, 5.41) is 0. The lowest BCUT2D eigenvalue weighted by molar-refractivity contribution is 0.359. The lowest BCUT2D eigenvalue weighted by atomic mass is 10.1. The van der Waals surface area contributed by atoms with E-state index in [0.717, 1.165) is 31.4 Å². The van der Waals surface area contributed by atoms with Crippen molar-refractivity contribution in [1.82, 2.24) is 0 Å². The third-order valence-electron chi connectivity index (χ3n) is 4.55. The largest absolute Gasteiger partial charge is 0.491 e. The van der Waals surface area contributed by atoms with Gasteiger partial charge < -0.3 is 4.74 Å². The minimum atomic E-state index is -1.10. The molecule has 0 atom stereocenters. The van der Waals surface area contributed by atoms with Gasteiger partial charge >= 0.3 is 0 Å². The van der Waals surface area contributed by atoms with E-state index < -0.39 is 51.8 Å². The molecular formula is C26H16F6O. The van der Waals surface area contributed by atoms with Gasteiger partial charge in [0.2, 0.25) is 0 Å². The van der Waals surface area contributed by atoms with Crippen molar-refractivity contribution in [2.24, 2.45) is 0 Å².